The molecule has 0 bridgehead atoms. The lowest BCUT2D eigenvalue weighted by Crippen LogP contribution is -2.38. The van der Waals surface area contributed by atoms with Crippen molar-refractivity contribution in [3.05, 3.63) is 82.3 Å². The van der Waals surface area contributed by atoms with E-state index in [9.17, 15) is 18.0 Å². The monoisotopic (exact) mass is 615 g/mol. The van der Waals surface area contributed by atoms with Gasteiger partial charge in [0.15, 0.2) is 0 Å². The molecule has 2 N–H and O–H groups in total. The lowest BCUT2D eigenvalue weighted by atomic mass is 10.1. The number of amides is 2. The van der Waals surface area contributed by atoms with Crippen molar-refractivity contribution in [2.75, 3.05) is 36.4 Å². The van der Waals surface area contributed by atoms with Crippen LogP contribution in [0.5, 0.6) is 5.75 Å². The Morgan fingerprint density at radius 2 is 1.85 bits per heavy atom. The smallest absolute Gasteiger partial charge is 0.264 e. The zero-order valence-corrected chi connectivity index (χ0v) is 24.0. The van der Waals surface area contributed by atoms with Crippen LogP contribution in [-0.2, 0) is 19.6 Å². The zero-order chi connectivity index (χ0) is 28.0. The quantitative estimate of drug-likeness (QED) is 0.347. The third kappa shape index (κ3) is 6.97. The number of hydrogen-bond acceptors (Lipinski definition) is 6. The van der Waals surface area contributed by atoms with Gasteiger partial charge in [-0.15, -0.1) is 0 Å². The summed E-state index contributed by atoms with van der Waals surface area (Å²) < 4.78 is 39.8. The highest BCUT2D eigenvalue weighted by atomic mass is 79.9. The number of hydrogen-bond donors (Lipinski definition) is 2. The number of carbonyl (C=O) groups is 2. The molecule has 9 nitrogen and oxygen atoms in total. The SMILES string of the molecule is COc1ccc(S(=O)(=O)N(CC(=O)Nc2ccccc2C(=O)NC[C@H]2CCCO2)c2ccc(C)cc2)cc1Br. The second kappa shape index (κ2) is 12.6. The summed E-state index contributed by atoms with van der Waals surface area (Å²) in [5, 5.41) is 5.57. The molecule has 1 saturated heterocycles. The number of nitrogens with one attached hydrogen (secondary N) is 2. The molecule has 1 atom stereocenters. The number of methoxy groups -OCH3 is 1. The fraction of sp³-hybridized carbons (Fsp3) is 0.286. The van der Waals surface area contributed by atoms with Crippen LogP contribution in [0.25, 0.3) is 0 Å². The highest BCUT2D eigenvalue weighted by Crippen LogP contribution is 2.31. The Bertz CT molecular complexity index is 1440. The third-order valence-electron chi connectivity index (χ3n) is 6.28. The van der Waals surface area contributed by atoms with Crippen LogP contribution in [0.1, 0.15) is 28.8 Å². The van der Waals surface area contributed by atoms with E-state index in [1.54, 1.807) is 48.5 Å². The molecule has 206 valence electrons. The van der Waals surface area contributed by atoms with Gasteiger partial charge in [0.1, 0.15) is 12.3 Å². The van der Waals surface area contributed by atoms with Crippen molar-refractivity contribution in [2.24, 2.45) is 0 Å². The van der Waals surface area contributed by atoms with E-state index < -0.39 is 22.5 Å². The van der Waals surface area contributed by atoms with E-state index in [1.165, 1.54) is 25.3 Å². The van der Waals surface area contributed by atoms with E-state index in [0.717, 1.165) is 22.7 Å². The zero-order valence-electron chi connectivity index (χ0n) is 21.6. The minimum atomic E-state index is -4.15. The first-order chi connectivity index (χ1) is 18.7. The Labute approximate surface area is 236 Å². The molecule has 1 fully saturated rings. The average molecular weight is 617 g/mol. The Morgan fingerprint density at radius 3 is 2.51 bits per heavy atom. The number of ether oxygens (including phenoxy) is 2. The van der Waals surface area contributed by atoms with Crippen molar-refractivity contribution in [2.45, 2.75) is 30.8 Å². The van der Waals surface area contributed by atoms with Gasteiger partial charge in [0.05, 0.1) is 39.5 Å². The van der Waals surface area contributed by atoms with Gasteiger partial charge in [0.2, 0.25) is 5.91 Å². The van der Waals surface area contributed by atoms with Crippen molar-refractivity contribution in [3.63, 3.8) is 0 Å². The topological polar surface area (TPSA) is 114 Å². The van der Waals surface area contributed by atoms with Crippen LogP contribution in [0, 0.1) is 6.92 Å². The Balaban J connectivity index is 1.57. The Hall–Kier alpha value is -3.41. The molecule has 0 aliphatic carbocycles. The summed E-state index contributed by atoms with van der Waals surface area (Å²) in [6.07, 6.45) is 1.82. The number of para-hydroxylation sites is 1. The van der Waals surface area contributed by atoms with Crippen LogP contribution in [0.4, 0.5) is 11.4 Å². The molecule has 2 amide bonds. The molecule has 11 heteroatoms. The van der Waals surface area contributed by atoms with Gasteiger partial charge in [-0.25, -0.2) is 8.42 Å². The van der Waals surface area contributed by atoms with Gasteiger partial charge in [0, 0.05) is 13.2 Å². The van der Waals surface area contributed by atoms with Crippen molar-refractivity contribution in [1.82, 2.24) is 5.32 Å². The molecule has 0 radical (unpaired) electrons. The van der Waals surface area contributed by atoms with Crippen molar-refractivity contribution in [3.8, 4) is 5.75 Å². The van der Waals surface area contributed by atoms with Gasteiger partial charge in [0.25, 0.3) is 15.9 Å². The minimum absolute atomic E-state index is 0.0162. The molecule has 0 aromatic heterocycles. The van der Waals surface area contributed by atoms with Gasteiger partial charge in [-0.2, -0.15) is 0 Å². The van der Waals surface area contributed by atoms with E-state index in [1.807, 2.05) is 6.92 Å². The maximum atomic E-state index is 13.8. The Morgan fingerprint density at radius 1 is 1.10 bits per heavy atom. The maximum absolute atomic E-state index is 13.8. The number of anilines is 2. The number of benzene rings is 3. The van der Waals surface area contributed by atoms with Crippen LogP contribution in [0.15, 0.2) is 76.1 Å². The number of sulfonamides is 1. The normalized spacial score (nSPS) is 15.0. The fourth-order valence-corrected chi connectivity index (χ4v) is 6.32. The molecule has 1 heterocycles. The molecular weight excluding hydrogens is 586 g/mol. The summed E-state index contributed by atoms with van der Waals surface area (Å²) in [4.78, 5) is 26.1. The standard InChI is InChI=1S/C28H30BrN3O6S/c1-19-9-11-20(12-10-19)32(39(35,36)22-13-14-26(37-2)24(29)16-22)18-27(33)31-25-8-4-3-7-23(25)28(34)30-17-21-6-5-15-38-21/h3-4,7-14,16,21H,5-6,15,17-18H2,1-2H3,(H,30,34)(H,31,33)/t21-/m1/s1. The molecule has 39 heavy (non-hydrogen) atoms. The minimum Gasteiger partial charge on any atom is -0.496 e. The summed E-state index contributed by atoms with van der Waals surface area (Å²) in [6, 6.07) is 17.8. The van der Waals surface area contributed by atoms with Crippen LogP contribution >= 0.6 is 15.9 Å². The lowest BCUT2D eigenvalue weighted by molar-refractivity contribution is -0.114. The van der Waals surface area contributed by atoms with E-state index in [0.29, 0.717) is 29.1 Å². The molecule has 0 unspecified atom stereocenters. The van der Waals surface area contributed by atoms with Gasteiger partial charge in [-0.05, 0) is 78.2 Å². The van der Waals surface area contributed by atoms with Crippen LogP contribution < -0.4 is 19.7 Å². The van der Waals surface area contributed by atoms with E-state index in [4.69, 9.17) is 9.47 Å². The maximum Gasteiger partial charge on any atom is 0.264 e. The summed E-state index contributed by atoms with van der Waals surface area (Å²) >= 11 is 3.33. The average Bonchev–Trinajstić information content (AvgIpc) is 3.45. The number of aryl methyl sites for hydroxylation is 1. The summed E-state index contributed by atoms with van der Waals surface area (Å²) in [5.41, 5.74) is 1.81. The third-order valence-corrected chi connectivity index (χ3v) is 8.67. The van der Waals surface area contributed by atoms with E-state index in [-0.39, 0.29) is 28.2 Å². The van der Waals surface area contributed by atoms with Gasteiger partial charge < -0.3 is 20.1 Å². The molecule has 3 aromatic rings. The van der Waals surface area contributed by atoms with Gasteiger partial charge >= 0.3 is 0 Å². The number of carbonyl (C=O) groups excluding carboxylic acids is 2. The first-order valence-electron chi connectivity index (χ1n) is 12.4. The van der Waals surface area contributed by atoms with Crippen LogP contribution in [0.3, 0.4) is 0 Å². The molecule has 1 aliphatic heterocycles. The second-order valence-electron chi connectivity index (χ2n) is 9.08. The van der Waals surface area contributed by atoms with Gasteiger partial charge in [-0.3, -0.25) is 13.9 Å². The van der Waals surface area contributed by atoms with Crippen LogP contribution in [0.2, 0.25) is 0 Å². The van der Waals surface area contributed by atoms with Crippen molar-refractivity contribution >= 4 is 49.1 Å². The molecular formula is C28H30BrN3O6S. The van der Waals surface area contributed by atoms with E-state index >= 15 is 0 Å². The second-order valence-corrected chi connectivity index (χ2v) is 11.8. The van der Waals surface area contributed by atoms with Crippen LogP contribution in [-0.4, -0.2) is 53.1 Å². The highest BCUT2D eigenvalue weighted by Gasteiger charge is 2.28. The summed E-state index contributed by atoms with van der Waals surface area (Å²) in [5.74, 6) is -0.485. The summed E-state index contributed by atoms with van der Waals surface area (Å²) in [6.45, 7) is 2.43. The number of nitrogens with zero attached hydrogens (tertiary/aromatic N) is 1. The molecule has 0 saturated carbocycles. The largest absolute Gasteiger partial charge is 0.496 e. The fourth-order valence-electron chi connectivity index (χ4n) is 4.18. The first-order valence-corrected chi connectivity index (χ1v) is 14.6. The summed E-state index contributed by atoms with van der Waals surface area (Å²) in [7, 11) is -2.67. The molecule has 4 rings (SSSR count). The number of rotatable bonds is 10. The number of halogens is 1. The van der Waals surface area contributed by atoms with Gasteiger partial charge in [-0.1, -0.05) is 29.8 Å². The first kappa shape index (κ1) is 28.6. The predicted molar refractivity (Wildman–Crippen MR) is 153 cm³/mol. The van der Waals surface area contributed by atoms with E-state index in [2.05, 4.69) is 26.6 Å². The van der Waals surface area contributed by atoms with Crippen molar-refractivity contribution in [1.29, 1.82) is 0 Å². The lowest BCUT2D eigenvalue weighted by Gasteiger charge is -2.25. The molecule has 3 aromatic carbocycles. The van der Waals surface area contributed by atoms with Crippen molar-refractivity contribution < 1.29 is 27.5 Å². The molecule has 0 spiro atoms. The molecule has 1 aliphatic rings. The predicted octanol–water partition coefficient (Wildman–Crippen LogP) is 4.51. The Kier molecular flexibility index (Phi) is 9.26. The highest BCUT2D eigenvalue weighted by molar-refractivity contribution is 9.10.